The molecule has 1 saturated carbocycles. The third-order valence-electron chi connectivity index (χ3n) is 5.40. The Morgan fingerprint density at radius 2 is 2.03 bits per heavy atom. The van der Waals surface area contributed by atoms with Crippen molar-refractivity contribution in [1.29, 1.82) is 0 Å². The van der Waals surface area contributed by atoms with Crippen LogP contribution >= 0.6 is 0 Å². The van der Waals surface area contributed by atoms with Crippen LogP contribution in [0.5, 0.6) is 0 Å². The zero-order valence-corrected chi connectivity index (χ0v) is 15.6. The number of pyridine rings is 2. The third kappa shape index (κ3) is 3.17. The lowest BCUT2D eigenvalue weighted by Crippen LogP contribution is -2.18. The second-order valence-electron chi connectivity index (χ2n) is 7.23. The maximum absolute atomic E-state index is 12.3. The molecule has 0 radical (unpaired) electrons. The number of aromatic amines is 1. The molecule has 2 atom stereocenters. The second kappa shape index (κ2) is 7.14. The van der Waals surface area contributed by atoms with Gasteiger partial charge in [-0.25, -0.2) is 4.98 Å². The summed E-state index contributed by atoms with van der Waals surface area (Å²) < 4.78 is 1.91. The molecule has 1 fully saturated rings. The van der Waals surface area contributed by atoms with E-state index in [4.69, 9.17) is 0 Å². The Morgan fingerprint density at radius 1 is 1.14 bits per heavy atom. The Morgan fingerprint density at radius 3 is 2.90 bits per heavy atom. The van der Waals surface area contributed by atoms with Crippen molar-refractivity contribution in [3.05, 3.63) is 65.2 Å². The average molecular weight is 388 g/mol. The van der Waals surface area contributed by atoms with E-state index in [9.17, 15) is 9.90 Å². The van der Waals surface area contributed by atoms with Gasteiger partial charge in [0.25, 0.3) is 0 Å². The normalized spacial score (nSPS) is 18.9. The molecule has 0 bridgehead atoms. The van der Waals surface area contributed by atoms with Crippen LogP contribution in [0.15, 0.2) is 59.8 Å². The minimum atomic E-state index is -0.395. The molecule has 4 aromatic rings. The van der Waals surface area contributed by atoms with Crippen molar-refractivity contribution in [2.45, 2.75) is 31.4 Å². The lowest BCUT2D eigenvalue weighted by Gasteiger charge is -2.18. The van der Waals surface area contributed by atoms with Crippen molar-refractivity contribution in [2.24, 2.45) is 0 Å². The van der Waals surface area contributed by atoms with Crippen LogP contribution in [0.25, 0.3) is 22.4 Å². The Hall–Kier alpha value is -3.52. The van der Waals surface area contributed by atoms with E-state index in [1.54, 1.807) is 12.5 Å². The van der Waals surface area contributed by atoms with Gasteiger partial charge >= 0.3 is 0 Å². The summed E-state index contributed by atoms with van der Waals surface area (Å²) in [6, 6.07) is 12.6. The summed E-state index contributed by atoms with van der Waals surface area (Å²) in [5, 5.41) is 22.4. The molecule has 1 aromatic carbocycles. The van der Waals surface area contributed by atoms with Crippen LogP contribution < -0.4 is 10.7 Å². The standard InChI is InChI=1S/C21H20N6O2/c28-17-8-3-7-16(17)27-12-23-26-21(27)15-6-2-9-19(25-15)24-14-5-1-4-13-20(14)18(29)10-11-22-13/h1-2,4-6,9-12,16-17,28H,3,7-8H2,(H,22,29)(H,24,25)/t16-,17-/m1/s1. The number of H-pyrrole nitrogens is 1. The highest BCUT2D eigenvalue weighted by Crippen LogP contribution is 2.33. The predicted octanol–water partition coefficient (Wildman–Crippen LogP) is 3.01. The van der Waals surface area contributed by atoms with E-state index in [1.807, 2.05) is 41.0 Å². The first kappa shape index (κ1) is 17.6. The summed E-state index contributed by atoms with van der Waals surface area (Å²) in [7, 11) is 0. The first-order chi connectivity index (χ1) is 14.2. The molecule has 0 aliphatic heterocycles. The first-order valence-corrected chi connectivity index (χ1v) is 9.63. The molecular formula is C21H20N6O2. The molecule has 0 saturated heterocycles. The summed E-state index contributed by atoms with van der Waals surface area (Å²) >= 11 is 0. The van der Waals surface area contributed by atoms with Gasteiger partial charge in [0.1, 0.15) is 17.8 Å². The van der Waals surface area contributed by atoms with Crippen molar-refractivity contribution in [3.63, 3.8) is 0 Å². The topological polar surface area (TPSA) is 109 Å². The van der Waals surface area contributed by atoms with Crippen LogP contribution in [-0.2, 0) is 0 Å². The Bertz CT molecular complexity index is 1230. The molecule has 29 heavy (non-hydrogen) atoms. The monoisotopic (exact) mass is 388 g/mol. The lowest BCUT2D eigenvalue weighted by atomic mass is 10.1. The van der Waals surface area contributed by atoms with Gasteiger partial charge in [0.05, 0.1) is 28.7 Å². The number of benzene rings is 1. The molecule has 3 N–H and O–H groups in total. The summed E-state index contributed by atoms with van der Waals surface area (Å²) in [4.78, 5) is 20.1. The summed E-state index contributed by atoms with van der Waals surface area (Å²) in [6.45, 7) is 0. The molecule has 1 aliphatic rings. The largest absolute Gasteiger partial charge is 0.391 e. The lowest BCUT2D eigenvalue weighted by molar-refractivity contribution is 0.137. The van der Waals surface area contributed by atoms with Crippen LogP contribution in [-0.4, -0.2) is 35.9 Å². The van der Waals surface area contributed by atoms with E-state index in [0.29, 0.717) is 28.4 Å². The average Bonchev–Trinajstić information content (AvgIpc) is 3.37. The van der Waals surface area contributed by atoms with Crippen molar-refractivity contribution in [2.75, 3.05) is 5.32 Å². The fourth-order valence-electron chi connectivity index (χ4n) is 4.01. The number of aliphatic hydroxyl groups is 1. The molecule has 0 unspecified atom stereocenters. The van der Waals surface area contributed by atoms with Gasteiger partial charge in [0, 0.05) is 12.3 Å². The molecular weight excluding hydrogens is 368 g/mol. The van der Waals surface area contributed by atoms with Gasteiger partial charge in [0.15, 0.2) is 11.3 Å². The highest BCUT2D eigenvalue weighted by Gasteiger charge is 2.29. The second-order valence-corrected chi connectivity index (χ2v) is 7.23. The summed E-state index contributed by atoms with van der Waals surface area (Å²) in [5.41, 5.74) is 2.03. The number of hydrogen-bond acceptors (Lipinski definition) is 6. The van der Waals surface area contributed by atoms with E-state index in [0.717, 1.165) is 24.8 Å². The molecule has 1 aliphatic carbocycles. The first-order valence-electron chi connectivity index (χ1n) is 9.63. The summed E-state index contributed by atoms with van der Waals surface area (Å²) in [6.07, 6.45) is 5.55. The number of hydrogen-bond donors (Lipinski definition) is 3. The Labute approximate surface area is 166 Å². The molecule has 3 aromatic heterocycles. The van der Waals surface area contributed by atoms with Gasteiger partial charge in [-0.05, 0) is 43.5 Å². The van der Waals surface area contributed by atoms with Gasteiger partial charge in [0.2, 0.25) is 0 Å². The number of aliphatic hydroxyl groups excluding tert-OH is 1. The minimum Gasteiger partial charge on any atom is -0.391 e. The van der Waals surface area contributed by atoms with Gasteiger partial charge in [-0.1, -0.05) is 12.1 Å². The van der Waals surface area contributed by atoms with Crippen molar-refractivity contribution >= 4 is 22.4 Å². The van der Waals surface area contributed by atoms with Crippen LogP contribution in [0, 0.1) is 0 Å². The SMILES string of the molecule is O=c1cc[nH]c2cccc(Nc3cccc(-c4nncn4[C@@H]4CCC[C@H]4O)n3)c12. The fourth-order valence-corrected chi connectivity index (χ4v) is 4.01. The van der Waals surface area contributed by atoms with Crippen LogP contribution in [0.1, 0.15) is 25.3 Å². The Balaban J connectivity index is 1.51. The van der Waals surface area contributed by atoms with Crippen LogP contribution in [0.3, 0.4) is 0 Å². The quantitative estimate of drug-likeness (QED) is 0.496. The zero-order valence-electron chi connectivity index (χ0n) is 15.6. The van der Waals surface area contributed by atoms with E-state index in [2.05, 4.69) is 25.5 Å². The smallest absolute Gasteiger partial charge is 0.191 e. The number of fused-ring (bicyclic) bond motifs is 1. The zero-order chi connectivity index (χ0) is 19.8. The number of anilines is 2. The number of rotatable bonds is 4. The molecule has 8 nitrogen and oxygen atoms in total. The Kier molecular flexibility index (Phi) is 4.33. The van der Waals surface area contributed by atoms with E-state index < -0.39 is 6.10 Å². The summed E-state index contributed by atoms with van der Waals surface area (Å²) in [5.74, 6) is 1.22. The van der Waals surface area contributed by atoms with Gasteiger partial charge in [-0.2, -0.15) is 0 Å². The molecule has 8 heteroatoms. The van der Waals surface area contributed by atoms with Crippen molar-refractivity contribution < 1.29 is 5.11 Å². The van der Waals surface area contributed by atoms with E-state index in [-0.39, 0.29) is 11.5 Å². The number of nitrogens with zero attached hydrogens (tertiary/aromatic N) is 4. The van der Waals surface area contributed by atoms with Crippen molar-refractivity contribution in [1.82, 2.24) is 24.7 Å². The van der Waals surface area contributed by atoms with E-state index in [1.165, 1.54) is 6.07 Å². The number of aromatic nitrogens is 5. The third-order valence-corrected chi connectivity index (χ3v) is 5.40. The van der Waals surface area contributed by atoms with Gasteiger partial charge in [-0.15, -0.1) is 10.2 Å². The fraction of sp³-hybridized carbons (Fsp3) is 0.238. The number of nitrogens with one attached hydrogen (secondary N) is 2. The predicted molar refractivity (Wildman–Crippen MR) is 110 cm³/mol. The van der Waals surface area contributed by atoms with Gasteiger partial charge in [-0.3, -0.25) is 4.79 Å². The van der Waals surface area contributed by atoms with E-state index >= 15 is 0 Å². The maximum atomic E-state index is 12.3. The van der Waals surface area contributed by atoms with Crippen LogP contribution in [0.2, 0.25) is 0 Å². The minimum absolute atomic E-state index is 0.0324. The van der Waals surface area contributed by atoms with Crippen molar-refractivity contribution in [3.8, 4) is 11.5 Å². The molecule has 0 spiro atoms. The highest BCUT2D eigenvalue weighted by atomic mass is 16.3. The van der Waals surface area contributed by atoms with Crippen LogP contribution in [0.4, 0.5) is 11.5 Å². The molecule has 5 rings (SSSR count). The molecule has 146 valence electrons. The van der Waals surface area contributed by atoms with Gasteiger partial charge < -0.3 is 20.0 Å². The highest BCUT2D eigenvalue weighted by molar-refractivity contribution is 5.92. The molecule has 3 heterocycles. The maximum Gasteiger partial charge on any atom is 0.191 e. The molecule has 0 amide bonds.